The van der Waals surface area contributed by atoms with E-state index in [1.165, 1.54) is 25.9 Å². The molecule has 2 aromatic rings. The number of hydrogen-bond donors (Lipinski definition) is 0. The molecule has 0 amide bonds. The molecule has 1 aliphatic heterocycles. The van der Waals surface area contributed by atoms with Crippen LogP contribution in [0.2, 0.25) is 0 Å². The highest BCUT2D eigenvalue weighted by atomic mass is 35.5. The zero-order chi connectivity index (χ0) is 12.9. The van der Waals surface area contributed by atoms with Crippen molar-refractivity contribution in [1.29, 1.82) is 0 Å². The highest BCUT2D eigenvalue weighted by molar-refractivity contribution is 5.85. The fraction of sp³-hybridized carbons (Fsp3) is 0.438. The van der Waals surface area contributed by atoms with Crippen LogP contribution in [-0.2, 0) is 0 Å². The number of hydrogen-bond acceptors (Lipinski definition) is 3. The molecule has 3 nitrogen and oxygen atoms in total. The lowest BCUT2D eigenvalue weighted by molar-refractivity contribution is 0.263. The monoisotopic (exact) mass is 292 g/mol. The maximum atomic E-state index is 5.81. The molecule has 2 heterocycles. The van der Waals surface area contributed by atoms with Crippen LogP contribution in [0.4, 0.5) is 0 Å². The Morgan fingerprint density at radius 3 is 2.85 bits per heavy atom. The highest BCUT2D eigenvalue weighted by Crippen LogP contribution is 2.18. The van der Waals surface area contributed by atoms with Crippen molar-refractivity contribution in [1.82, 2.24) is 9.88 Å². The summed E-state index contributed by atoms with van der Waals surface area (Å²) < 4.78 is 5.81. The minimum atomic E-state index is 0. The average Bonchev–Trinajstić information content (AvgIpc) is 2.97. The molecule has 20 heavy (non-hydrogen) atoms. The molecule has 0 bridgehead atoms. The van der Waals surface area contributed by atoms with Gasteiger partial charge in [0.1, 0.15) is 5.75 Å². The summed E-state index contributed by atoms with van der Waals surface area (Å²) in [7, 11) is 0. The molecule has 0 aliphatic carbocycles. The van der Waals surface area contributed by atoms with Gasteiger partial charge in [-0.15, -0.1) is 12.4 Å². The van der Waals surface area contributed by atoms with Crippen LogP contribution in [0.5, 0.6) is 5.75 Å². The second kappa shape index (κ2) is 7.46. The third kappa shape index (κ3) is 3.84. The summed E-state index contributed by atoms with van der Waals surface area (Å²) >= 11 is 0. The summed E-state index contributed by atoms with van der Waals surface area (Å²) in [5.74, 6) is 0.924. The van der Waals surface area contributed by atoms with Gasteiger partial charge in [-0.25, -0.2) is 0 Å². The zero-order valence-electron chi connectivity index (χ0n) is 11.6. The topological polar surface area (TPSA) is 25.4 Å². The van der Waals surface area contributed by atoms with Crippen LogP contribution in [0, 0.1) is 0 Å². The Morgan fingerprint density at radius 2 is 2.00 bits per heavy atom. The SMILES string of the molecule is Cl.c1cnc2cc(OCCCN3CCCC3)ccc2c1. The molecule has 0 atom stereocenters. The molecule has 3 rings (SSSR count). The molecule has 4 heteroatoms. The van der Waals surface area contributed by atoms with Gasteiger partial charge in [0.05, 0.1) is 12.1 Å². The van der Waals surface area contributed by atoms with Crippen LogP contribution in [0.25, 0.3) is 10.9 Å². The molecule has 0 radical (unpaired) electrons. The van der Waals surface area contributed by atoms with E-state index in [2.05, 4.69) is 22.0 Å². The maximum absolute atomic E-state index is 5.81. The largest absolute Gasteiger partial charge is 0.493 e. The lowest BCUT2D eigenvalue weighted by Crippen LogP contribution is -2.21. The van der Waals surface area contributed by atoms with Gasteiger partial charge in [0.2, 0.25) is 0 Å². The van der Waals surface area contributed by atoms with Crippen LogP contribution in [-0.4, -0.2) is 36.1 Å². The zero-order valence-corrected chi connectivity index (χ0v) is 12.4. The minimum Gasteiger partial charge on any atom is -0.493 e. The van der Waals surface area contributed by atoms with Crippen molar-refractivity contribution in [3.05, 3.63) is 36.5 Å². The maximum Gasteiger partial charge on any atom is 0.121 e. The van der Waals surface area contributed by atoms with Crippen LogP contribution in [0.3, 0.4) is 0 Å². The molecule has 1 aliphatic rings. The number of likely N-dealkylation sites (tertiary alicyclic amines) is 1. The number of aromatic nitrogens is 1. The number of ether oxygens (including phenoxy) is 1. The Hall–Kier alpha value is -1.32. The quantitative estimate of drug-likeness (QED) is 0.789. The van der Waals surface area contributed by atoms with Crippen molar-refractivity contribution in [2.45, 2.75) is 19.3 Å². The van der Waals surface area contributed by atoms with Gasteiger partial charge in [-0.05, 0) is 50.6 Å². The van der Waals surface area contributed by atoms with Gasteiger partial charge >= 0.3 is 0 Å². The Labute approximate surface area is 126 Å². The Kier molecular flexibility index (Phi) is 5.62. The third-order valence-corrected chi connectivity index (χ3v) is 3.66. The van der Waals surface area contributed by atoms with E-state index in [9.17, 15) is 0 Å². The summed E-state index contributed by atoms with van der Waals surface area (Å²) in [5, 5.41) is 1.16. The standard InChI is InChI=1S/C16H20N2O.ClH/c1-2-10-18(9-1)11-4-12-19-15-7-6-14-5-3-8-17-16(14)13-15;/h3,5-8,13H,1-2,4,9-12H2;1H. The highest BCUT2D eigenvalue weighted by Gasteiger charge is 2.10. The first kappa shape index (κ1) is 15.1. The fourth-order valence-electron chi connectivity index (χ4n) is 2.62. The van der Waals surface area contributed by atoms with Crippen molar-refractivity contribution < 1.29 is 4.74 Å². The molecular formula is C16H21ClN2O. The van der Waals surface area contributed by atoms with E-state index in [1.807, 2.05) is 24.4 Å². The van der Waals surface area contributed by atoms with Gasteiger partial charge in [0.25, 0.3) is 0 Å². The number of pyridine rings is 1. The van der Waals surface area contributed by atoms with Gasteiger partial charge < -0.3 is 9.64 Å². The molecule has 1 aromatic carbocycles. The Balaban J connectivity index is 0.00000147. The van der Waals surface area contributed by atoms with Gasteiger partial charge in [0.15, 0.2) is 0 Å². The van der Waals surface area contributed by atoms with E-state index in [4.69, 9.17) is 4.74 Å². The van der Waals surface area contributed by atoms with E-state index < -0.39 is 0 Å². The van der Waals surface area contributed by atoms with Crippen molar-refractivity contribution in [2.75, 3.05) is 26.2 Å². The van der Waals surface area contributed by atoms with Crippen molar-refractivity contribution in [2.24, 2.45) is 0 Å². The number of fused-ring (bicyclic) bond motifs is 1. The Bertz CT molecular complexity index is 541. The van der Waals surface area contributed by atoms with Gasteiger partial charge in [-0.1, -0.05) is 6.07 Å². The molecule has 0 saturated carbocycles. The first-order valence-electron chi connectivity index (χ1n) is 7.12. The average molecular weight is 293 g/mol. The van der Waals surface area contributed by atoms with Gasteiger partial charge in [-0.2, -0.15) is 0 Å². The molecule has 1 fully saturated rings. The minimum absolute atomic E-state index is 0. The molecule has 108 valence electrons. The molecule has 0 spiro atoms. The van der Waals surface area contributed by atoms with E-state index in [1.54, 1.807) is 0 Å². The lowest BCUT2D eigenvalue weighted by atomic mass is 10.2. The molecule has 1 aromatic heterocycles. The van der Waals surface area contributed by atoms with E-state index in [0.717, 1.165) is 36.2 Å². The second-order valence-corrected chi connectivity index (χ2v) is 5.11. The van der Waals surface area contributed by atoms with Crippen LogP contribution in [0.15, 0.2) is 36.5 Å². The summed E-state index contributed by atoms with van der Waals surface area (Å²) in [6.45, 7) is 4.47. The van der Waals surface area contributed by atoms with Crippen molar-refractivity contribution in [3.63, 3.8) is 0 Å². The number of halogens is 1. The third-order valence-electron chi connectivity index (χ3n) is 3.66. The Morgan fingerprint density at radius 1 is 1.15 bits per heavy atom. The smallest absolute Gasteiger partial charge is 0.121 e. The number of rotatable bonds is 5. The molecule has 0 unspecified atom stereocenters. The predicted octanol–water partition coefficient (Wildman–Crippen LogP) is 3.52. The first-order valence-corrected chi connectivity index (χ1v) is 7.12. The number of nitrogens with zero attached hydrogens (tertiary/aromatic N) is 2. The molecule has 1 saturated heterocycles. The lowest BCUT2D eigenvalue weighted by Gasteiger charge is -2.14. The van der Waals surface area contributed by atoms with Gasteiger partial charge in [0, 0.05) is 24.2 Å². The summed E-state index contributed by atoms with van der Waals surface area (Å²) in [6, 6.07) is 10.1. The normalized spacial score (nSPS) is 15.2. The molecular weight excluding hydrogens is 272 g/mol. The van der Waals surface area contributed by atoms with Crippen LogP contribution in [0.1, 0.15) is 19.3 Å². The second-order valence-electron chi connectivity index (χ2n) is 5.11. The summed E-state index contributed by atoms with van der Waals surface area (Å²) in [4.78, 5) is 6.86. The fourth-order valence-corrected chi connectivity index (χ4v) is 2.62. The van der Waals surface area contributed by atoms with E-state index >= 15 is 0 Å². The van der Waals surface area contributed by atoms with E-state index in [-0.39, 0.29) is 12.4 Å². The first-order chi connectivity index (χ1) is 9.42. The molecule has 0 N–H and O–H groups in total. The van der Waals surface area contributed by atoms with Crippen molar-refractivity contribution >= 4 is 23.3 Å². The van der Waals surface area contributed by atoms with Crippen LogP contribution >= 0.6 is 12.4 Å². The van der Waals surface area contributed by atoms with Gasteiger partial charge in [-0.3, -0.25) is 4.98 Å². The van der Waals surface area contributed by atoms with Crippen LogP contribution < -0.4 is 4.74 Å². The van der Waals surface area contributed by atoms with E-state index in [0.29, 0.717) is 0 Å². The summed E-state index contributed by atoms with van der Waals surface area (Å²) in [5.41, 5.74) is 1.000. The predicted molar refractivity (Wildman–Crippen MR) is 84.8 cm³/mol. The summed E-state index contributed by atoms with van der Waals surface area (Å²) in [6.07, 6.45) is 5.63. The number of benzene rings is 1. The van der Waals surface area contributed by atoms with Crippen molar-refractivity contribution in [3.8, 4) is 5.75 Å².